The summed E-state index contributed by atoms with van der Waals surface area (Å²) in [5.74, 6) is 0.103. The summed E-state index contributed by atoms with van der Waals surface area (Å²) in [6, 6.07) is 14.4. The van der Waals surface area contributed by atoms with Gasteiger partial charge >= 0.3 is 0 Å². The molecule has 0 N–H and O–H groups in total. The van der Waals surface area contributed by atoms with Crippen molar-refractivity contribution in [2.24, 2.45) is 9.98 Å². The molecular formula is C24H28N4O. The lowest BCUT2D eigenvalue weighted by Crippen LogP contribution is -2.49. The van der Waals surface area contributed by atoms with Gasteiger partial charge in [-0.05, 0) is 49.6 Å². The zero-order valence-electron chi connectivity index (χ0n) is 17.4. The van der Waals surface area contributed by atoms with Crippen molar-refractivity contribution in [2.45, 2.75) is 32.7 Å². The lowest BCUT2D eigenvalue weighted by Gasteiger charge is -2.37. The quantitative estimate of drug-likeness (QED) is 0.795. The number of piperazine rings is 1. The summed E-state index contributed by atoms with van der Waals surface area (Å²) in [7, 11) is 0. The molecule has 1 saturated heterocycles. The number of carbonyl (C=O) groups is 1. The summed E-state index contributed by atoms with van der Waals surface area (Å²) >= 11 is 0. The second-order valence-corrected chi connectivity index (χ2v) is 7.95. The molecule has 2 aromatic carbocycles. The van der Waals surface area contributed by atoms with Gasteiger partial charge in [-0.25, -0.2) is 4.99 Å². The van der Waals surface area contributed by atoms with Crippen LogP contribution in [0.5, 0.6) is 0 Å². The molecule has 1 unspecified atom stereocenters. The van der Waals surface area contributed by atoms with Crippen molar-refractivity contribution in [3.05, 3.63) is 64.7 Å². The summed E-state index contributed by atoms with van der Waals surface area (Å²) in [4.78, 5) is 26.0. The van der Waals surface area contributed by atoms with Gasteiger partial charge < -0.3 is 9.80 Å². The summed E-state index contributed by atoms with van der Waals surface area (Å²) in [5, 5.41) is 0. The van der Waals surface area contributed by atoms with Crippen LogP contribution in [0.1, 0.15) is 40.4 Å². The summed E-state index contributed by atoms with van der Waals surface area (Å²) in [5.41, 5.74) is 5.29. The molecule has 1 atom stereocenters. The van der Waals surface area contributed by atoms with Crippen LogP contribution >= 0.6 is 0 Å². The van der Waals surface area contributed by atoms with Gasteiger partial charge in [-0.2, -0.15) is 0 Å². The number of aliphatic imine (C=N–C) groups is 2. The van der Waals surface area contributed by atoms with E-state index in [4.69, 9.17) is 0 Å². The van der Waals surface area contributed by atoms with Gasteiger partial charge in [0, 0.05) is 43.6 Å². The third kappa shape index (κ3) is 3.69. The Morgan fingerprint density at radius 1 is 1.03 bits per heavy atom. The molecule has 0 bridgehead atoms. The van der Waals surface area contributed by atoms with E-state index in [0.29, 0.717) is 0 Å². The Morgan fingerprint density at radius 3 is 2.34 bits per heavy atom. The van der Waals surface area contributed by atoms with Gasteiger partial charge in [-0.3, -0.25) is 9.79 Å². The zero-order valence-corrected chi connectivity index (χ0v) is 17.4. The average Bonchev–Trinajstić information content (AvgIpc) is 3.24. The summed E-state index contributed by atoms with van der Waals surface area (Å²) in [6.07, 6.45) is 4.34. The van der Waals surface area contributed by atoms with Crippen LogP contribution < -0.4 is 4.90 Å². The first-order valence-electron chi connectivity index (χ1n) is 10.3. The predicted molar refractivity (Wildman–Crippen MR) is 119 cm³/mol. The Balaban J connectivity index is 1.42. The van der Waals surface area contributed by atoms with Crippen molar-refractivity contribution in [3.8, 4) is 0 Å². The molecule has 2 aliphatic heterocycles. The third-order valence-corrected chi connectivity index (χ3v) is 6.07. The van der Waals surface area contributed by atoms with Gasteiger partial charge in [-0.15, -0.1) is 0 Å². The number of hydrogen-bond acceptors (Lipinski definition) is 4. The molecule has 2 aliphatic rings. The van der Waals surface area contributed by atoms with Gasteiger partial charge in [0.1, 0.15) is 11.9 Å². The Morgan fingerprint density at radius 2 is 1.76 bits per heavy atom. The van der Waals surface area contributed by atoms with Crippen LogP contribution in [0, 0.1) is 13.8 Å². The van der Waals surface area contributed by atoms with Crippen molar-refractivity contribution in [1.82, 2.24) is 4.90 Å². The molecule has 29 heavy (non-hydrogen) atoms. The van der Waals surface area contributed by atoms with E-state index in [1.165, 1.54) is 16.8 Å². The number of anilines is 1. The zero-order chi connectivity index (χ0) is 20.4. The maximum atomic E-state index is 13.0. The van der Waals surface area contributed by atoms with E-state index in [1.807, 2.05) is 35.4 Å². The van der Waals surface area contributed by atoms with Crippen molar-refractivity contribution in [1.29, 1.82) is 0 Å². The standard InChI is InChI=1S/C24H28N4O/c1-4-24(16-25-17-26-24)21-8-6-20(7-9-21)23(29)28-13-11-27(12-14-28)22-10-5-18(2)15-19(22)3/h5-10,15-17H,4,11-14H2,1-3H3. The van der Waals surface area contributed by atoms with E-state index in [2.05, 4.69) is 53.9 Å². The molecule has 0 aliphatic carbocycles. The summed E-state index contributed by atoms with van der Waals surface area (Å²) in [6.45, 7) is 9.57. The average molecular weight is 389 g/mol. The van der Waals surface area contributed by atoms with Crippen LogP contribution in [-0.4, -0.2) is 49.5 Å². The van der Waals surface area contributed by atoms with Crippen LogP contribution in [0.15, 0.2) is 52.4 Å². The highest BCUT2D eigenvalue weighted by Gasteiger charge is 2.30. The molecule has 2 heterocycles. The van der Waals surface area contributed by atoms with E-state index in [1.54, 1.807) is 6.34 Å². The fourth-order valence-corrected chi connectivity index (χ4v) is 4.26. The third-order valence-electron chi connectivity index (χ3n) is 6.07. The molecule has 0 radical (unpaired) electrons. The number of carbonyl (C=O) groups excluding carboxylic acids is 1. The van der Waals surface area contributed by atoms with Crippen LogP contribution in [0.3, 0.4) is 0 Å². The van der Waals surface area contributed by atoms with E-state index >= 15 is 0 Å². The first kappa shape index (κ1) is 19.4. The van der Waals surface area contributed by atoms with Gasteiger partial charge in [0.25, 0.3) is 5.91 Å². The van der Waals surface area contributed by atoms with Gasteiger partial charge in [0.2, 0.25) is 0 Å². The lowest BCUT2D eigenvalue weighted by atomic mass is 9.89. The number of amides is 1. The fraction of sp³-hybridized carbons (Fsp3) is 0.375. The number of hydrogen-bond donors (Lipinski definition) is 0. The first-order chi connectivity index (χ1) is 14.0. The minimum atomic E-state index is -0.376. The molecule has 5 nitrogen and oxygen atoms in total. The van der Waals surface area contributed by atoms with Crippen LogP contribution in [0.2, 0.25) is 0 Å². The molecule has 1 amide bonds. The number of aryl methyl sites for hydroxylation is 2. The monoisotopic (exact) mass is 388 g/mol. The smallest absolute Gasteiger partial charge is 0.253 e. The maximum absolute atomic E-state index is 13.0. The van der Waals surface area contributed by atoms with E-state index in [9.17, 15) is 4.79 Å². The first-order valence-corrected chi connectivity index (χ1v) is 10.3. The van der Waals surface area contributed by atoms with Gasteiger partial charge in [-0.1, -0.05) is 36.8 Å². The van der Waals surface area contributed by atoms with Crippen LogP contribution in [0.25, 0.3) is 0 Å². The van der Waals surface area contributed by atoms with Crippen LogP contribution in [-0.2, 0) is 5.54 Å². The Kier molecular flexibility index (Phi) is 5.22. The molecule has 0 aromatic heterocycles. The highest BCUT2D eigenvalue weighted by atomic mass is 16.2. The number of benzene rings is 2. The second-order valence-electron chi connectivity index (χ2n) is 7.95. The largest absolute Gasteiger partial charge is 0.368 e. The minimum absolute atomic E-state index is 0.103. The topological polar surface area (TPSA) is 48.3 Å². The molecular weight excluding hydrogens is 360 g/mol. The molecule has 2 aromatic rings. The van der Waals surface area contributed by atoms with E-state index in [-0.39, 0.29) is 11.4 Å². The van der Waals surface area contributed by atoms with Gasteiger partial charge in [0.05, 0.1) is 0 Å². The molecule has 5 heteroatoms. The lowest BCUT2D eigenvalue weighted by molar-refractivity contribution is 0.0746. The second kappa shape index (κ2) is 7.82. The summed E-state index contributed by atoms with van der Waals surface area (Å²) < 4.78 is 0. The fourth-order valence-electron chi connectivity index (χ4n) is 4.26. The van der Waals surface area contributed by atoms with Gasteiger partial charge in [0.15, 0.2) is 0 Å². The molecule has 150 valence electrons. The van der Waals surface area contributed by atoms with Crippen molar-refractivity contribution < 1.29 is 4.79 Å². The SMILES string of the molecule is CCC1(c2ccc(C(=O)N3CCN(c4ccc(C)cc4C)CC3)cc2)C=NC=N1. The van der Waals surface area contributed by atoms with Crippen molar-refractivity contribution in [2.75, 3.05) is 31.1 Å². The Labute approximate surface area is 172 Å². The highest BCUT2D eigenvalue weighted by Crippen LogP contribution is 2.30. The molecule has 1 fully saturated rings. The minimum Gasteiger partial charge on any atom is -0.368 e. The predicted octanol–water partition coefficient (Wildman–Crippen LogP) is 3.98. The van der Waals surface area contributed by atoms with Crippen LogP contribution in [0.4, 0.5) is 5.69 Å². The van der Waals surface area contributed by atoms with Crippen molar-refractivity contribution >= 4 is 24.1 Å². The highest BCUT2D eigenvalue weighted by molar-refractivity contribution is 5.95. The normalized spacial score (nSPS) is 21.1. The molecule has 4 rings (SSSR count). The molecule has 0 spiro atoms. The Bertz CT molecular complexity index is 941. The number of rotatable bonds is 4. The maximum Gasteiger partial charge on any atom is 0.253 e. The van der Waals surface area contributed by atoms with Crippen molar-refractivity contribution in [3.63, 3.8) is 0 Å². The molecule has 0 saturated carbocycles. The number of nitrogens with zero attached hydrogens (tertiary/aromatic N) is 4. The van der Waals surface area contributed by atoms with E-state index in [0.717, 1.165) is 43.7 Å². The Hall–Kier alpha value is -2.95. The van der Waals surface area contributed by atoms with E-state index < -0.39 is 0 Å².